The lowest BCUT2D eigenvalue weighted by Crippen LogP contribution is -2.12. The molecule has 0 unspecified atom stereocenters. The summed E-state index contributed by atoms with van der Waals surface area (Å²) in [6, 6.07) is 3.57. The fraction of sp³-hybridized carbons (Fsp3) is 0.444. The van der Waals surface area contributed by atoms with Crippen LogP contribution in [-0.2, 0) is 0 Å². The van der Waals surface area contributed by atoms with Crippen LogP contribution in [0.15, 0.2) is 16.6 Å². The normalized spacial score (nSPS) is 15.5. The topological polar surface area (TPSA) is 62.2 Å². The minimum absolute atomic E-state index is 0.0450. The summed E-state index contributed by atoms with van der Waals surface area (Å²) in [5.74, 6) is 0.328. The van der Waals surface area contributed by atoms with E-state index in [0.717, 1.165) is 16.3 Å². The molecule has 128 valence electrons. The molecule has 0 aliphatic heterocycles. The lowest BCUT2D eigenvalue weighted by molar-refractivity contribution is 0.102. The summed E-state index contributed by atoms with van der Waals surface area (Å²) in [6.45, 7) is 3.79. The van der Waals surface area contributed by atoms with Gasteiger partial charge in [-0.1, -0.05) is 19.3 Å². The van der Waals surface area contributed by atoms with Gasteiger partial charge in [-0.25, -0.2) is 4.98 Å². The molecule has 1 amide bonds. The van der Waals surface area contributed by atoms with E-state index in [1.54, 1.807) is 6.07 Å². The highest BCUT2D eigenvalue weighted by molar-refractivity contribution is 9.10. The number of phenols is 1. The molecule has 2 aromatic rings. The van der Waals surface area contributed by atoms with Crippen molar-refractivity contribution in [1.82, 2.24) is 4.98 Å². The predicted molar refractivity (Wildman–Crippen MR) is 101 cm³/mol. The van der Waals surface area contributed by atoms with Crippen LogP contribution < -0.4 is 5.32 Å². The fourth-order valence-electron chi connectivity index (χ4n) is 3.16. The molecule has 1 aromatic heterocycles. The second-order valence-corrected chi connectivity index (χ2v) is 8.28. The smallest absolute Gasteiger partial charge is 0.267 e. The average Bonchev–Trinajstić information content (AvgIpc) is 2.95. The highest BCUT2D eigenvalue weighted by Crippen LogP contribution is 2.37. The molecule has 0 spiro atoms. The molecule has 3 rings (SSSR count). The molecule has 1 fully saturated rings. The fourth-order valence-corrected chi connectivity index (χ4v) is 4.87. The first-order chi connectivity index (χ1) is 11.5. The van der Waals surface area contributed by atoms with Crippen molar-refractivity contribution in [1.29, 1.82) is 0 Å². The number of hydrogen-bond acceptors (Lipinski definition) is 4. The van der Waals surface area contributed by atoms with E-state index in [1.165, 1.54) is 43.4 Å². The van der Waals surface area contributed by atoms with Gasteiger partial charge in [-0.15, -0.1) is 11.3 Å². The van der Waals surface area contributed by atoms with Crippen molar-refractivity contribution >= 4 is 38.9 Å². The van der Waals surface area contributed by atoms with Gasteiger partial charge in [-0.2, -0.15) is 0 Å². The molecule has 1 aromatic carbocycles. The lowest BCUT2D eigenvalue weighted by Gasteiger charge is -2.18. The number of halogens is 1. The Kier molecular flexibility index (Phi) is 5.25. The first-order valence-corrected chi connectivity index (χ1v) is 9.84. The molecular weight excluding hydrogens is 388 g/mol. The van der Waals surface area contributed by atoms with Crippen LogP contribution in [-0.4, -0.2) is 16.0 Å². The highest BCUT2D eigenvalue weighted by Gasteiger charge is 2.23. The van der Waals surface area contributed by atoms with Crippen molar-refractivity contribution in [2.45, 2.75) is 51.9 Å². The van der Waals surface area contributed by atoms with E-state index >= 15 is 0 Å². The van der Waals surface area contributed by atoms with Gasteiger partial charge < -0.3 is 10.4 Å². The van der Waals surface area contributed by atoms with Crippen LogP contribution in [0.25, 0.3) is 0 Å². The van der Waals surface area contributed by atoms with Crippen molar-refractivity contribution in [3.63, 3.8) is 0 Å². The summed E-state index contributed by atoms with van der Waals surface area (Å²) in [5, 5.41) is 14.0. The number of aromatic hydroxyl groups is 1. The molecule has 2 N–H and O–H groups in total. The van der Waals surface area contributed by atoms with E-state index in [9.17, 15) is 9.90 Å². The summed E-state index contributed by atoms with van der Waals surface area (Å²) >= 11 is 4.79. The van der Waals surface area contributed by atoms with E-state index in [2.05, 4.69) is 26.2 Å². The number of aromatic nitrogens is 1. The van der Waals surface area contributed by atoms with E-state index in [1.807, 2.05) is 19.9 Å². The first-order valence-electron chi connectivity index (χ1n) is 8.23. The molecule has 1 heterocycles. The summed E-state index contributed by atoms with van der Waals surface area (Å²) in [5.41, 5.74) is 2.14. The lowest BCUT2D eigenvalue weighted by atomic mass is 9.90. The predicted octanol–water partition coefficient (Wildman–Crippen LogP) is 5.53. The monoisotopic (exact) mass is 408 g/mol. The molecule has 0 saturated heterocycles. The average molecular weight is 409 g/mol. The number of phenolic OH excluding ortho intramolecular Hbond substituents is 1. The molecule has 0 bridgehead atoms. The third kappa shape index (κ3) is 3.64. The second-order valence-electron chi connectivity index (χ2n) is 6.40. The van der Waals surface area contributed by atoms with E-state index < -0.39 is 0 Å². The van der Waals surface area contributed by atoms with E-state index in [4.69, 9.17) is 0 Å². The van der Waals surface area contributed by atoms with Crippen molar-refractivity contribution < 1.29 is 9.90 Å². The number of amides is 1. The largest absolute Gasteiger partial charge is 0.505 e. The molecular formula is C18H21BrN2O2S. The minimum atomic E-state index is -0.208. The number of thiazole rings is 1. The Hall–Kier alpha value is -1.40. The van der Waals surface area contributed by atoms with Crippen LogP contribution in [0.3, 0.4) is 0 Å². The van der Waals surface area contributed by atoms with Crippen molar-refractivity contribution in [2.75, 3.05) is 5.32 Å². The van der Waals surface area contributed by atoms with Gasteiger partial charge in [0, 0.05) is 5.92 Å². The number of rotatable bonds is 3. The highest BCUT2D eigenvalue weighted by atomic mass is 79.9. The molecule has 4 nitrogen and oxygen atoms in total. The zero-order valence-electron chi connectivity index (χ0n) is 13.9. The molecule has 6 heteroatoms. The van der Waals surface area contributed by atoms with E-state index in [0.29, 0.717) is 21.0 Å². The molecule has 0 radical (unpaired) electrons. The number of benzene rings is 1. The van der Waals surface area contributed by atoms with Gasteiger partial charge in [0.2, 0.25) is 0 Å². The number of anilines is 1. The Morgan fingerprint density at radius 2 is 2.00 bits per heavy atom. The standard InChI is InChI=1S/C18H21BrN2O2S/c1-10-8-13(19)15(22)14(9-10)21-17(23)16-11(2)20-18(24-16)12-6-4-3-5-7-12/h8-9,12,22H,3-7H2,1-2H3,(H,21,23). The minimum Gasteiger partial charge on any atom is -0.505 e. The summed E-state index contributed by atoms with van der Waals surface area (Å²) < 4.78 is 0.571. The third-order valence-electron chi connectivity index (χ3n) is 4.43. The maximum absolute atomic E-state index is 12.6. The van der Waals surface area contributed by atoms with Crippen LogP contribution >= 0.6 is 27.3 Å². The number of aryl methyl sites for hydroxylation is 2. The molecule has 1 aliphatic rings. The number of hydrogen-bond donors (Lipinski definition) is 2. The van der Waals surface area contributed by atoms with Crippen molar-refractivity contribution in [3.8, 4) is 5.75 Å². The SMILES string of the molecule is Cc1cc(Br)c(O)c(NC(=O)c2sc(C3CCCCC3)nc2C)c1. The number of carbonyl (C=O) groups excluding carboxylic acids is 1. The zero-order chi connectivity index (χ0) is 17.3. The van der Waals surface area contributed by atoms with Crippen LogP contribution in [0, 0.1) is 13.8 Å². The second kappa shape index (κ2) is 7.23. The molecule has 0 atom stereocenters. The van der Waals surface area contributed by atoms with Gasteiger partial charge in [0.15, 0.2) is 5.75 Å². The summed E-state index contributed by atoms with van der Waals surface area (Å²) in [4.78, 5) is 17.9. The zero-order valence-corrected chi connectivity index (χ0v) is 16.3. The number of carbonyl (C=O) groups is 1. The first kappa shape index (κ1) is 17.4. The maximum atomic E-state index is 12.6. The van der Waals surface area contributed by atoms with Crippen LogP contribution in [0.2, 0.25) is 0 Å². The van der Waals surface area contributed by atoms with Crippen molar-refractivity contribution in [2.24, 2.45) is 0 Å². The Labute approximate surface area is 154 Å². The molecule has 1 aliphatic carbocycles. The van der Waals surface area contributed by atoms with Crippen LogP contribution in [0.4, 0.5) is 5.69 Å². The summed E-state index contributed by atoms with van der Waals surface area (Å²) in [7, 11) is 0. The van der Waals surface area contributed by atoms with Gasteiger partial charge in [0.1, 0.15) is 4.88 Å². The van der Waals surface area contributed by atoms with Crippen LogP contribution in [0.1, 0.15) is 64.0 Å². The van der Waals surface area contributed by atoms with Gasteiger partial charge in [0.25, 0.3) is 5.91 Å². The molecule has 24 heavy (non-hydrogen) atoms. The Balaban J connectivity index is 1.82. The number of nitrogens with one attached hydrogen (secondary N) is 1. The van der Waals surface area contributed by atoms with E-state index in [-0.39, 0.29) is 11.7 Å². The maximum Gasteiger partial charge on any atom is 0.267 e. The Morgan fingerprint density at radius 1 is 1.29 bits per heavy atom. The van der Waals surface area contributed by atoms with Gasteiger partial charge in [-0.3, -0.25) is 4.79 Å². The number of nitrogens with zero attached hydrogens (tertiary/aromatic N) is 1. The van der Waals surface area contributed by atoms with Crippen molar-refractivity contribution in [3.05, 3.63) is 37.7 Å². The van der Waals surface area contributed by atoms with Gasteiger partial charge in [0.05, 0.1) is 20.9 Å². The Bertz CT molecular complexity index is 767. The quantitative estimate of drug-likeness (QED) is 0.656. The van der Waals surface area contributed by atoms with Crippen LogP contribution in [0.5, 0.6) is 5.75 Å². The molecule has 1 saturated carbocycles. The Morgan fingerprint density at radius 3 is 2.71 bits per heavy atom. The van der Waals surface area contributed by atoms with Gasteiger partial charge in [-0.05, 0) is 60.3 Å². The summed E-state index contributed by atoms with van der Waals surface area (Å²) in [6.07, 6.45) is 6.13. The third-order valence-corrected chi connectivity index (χ3v) is 6.35. The van der Waals surface area contributed by atoms with Gasteiger partial charge >= 0.3 is 0 Å².